The Hall–Kier alpha value is -1.03. The Morgan fingerprint density at radius 2 is 2.38 bits per heavy atom. The van der Waals surface area contributed by atoms with Crippen molar-refractivity contribution in [3.8, 4) is 0 Å². The van der Waals surface area contributed by atoms with Gasteiger partial charge in [0.05, 0.1) is 0 Å². The van der Waals surface area contributed by atoms with E-state index in [4.69, 9.17) is 5.11 Å². The normalized spacial score (nSPS) is 9.92. The van der Waals surface area contributed by atoms with Crippen LogP contribution in [0.15, 0.2) is 23.2 Å². The average molecular weight is 197 g/mol. The van der Waals surface area contributed by atoms with Crippen molar-refractivity contribution in [2.45, 2.75) is 18.2 Å². The van der Waals surface area contributed by atoms with Crippen LogP contribution in [0.1, 0.15) is 23.8 Å². The maximum absolute atomic E-state index is 10.5. The molecular formula is C9H11NO2S. The summed E-state index contributed by atoms with van der Waals surface area (Å²) < 4.78 is 0. The van der Waals surface area contributed by atoms with Crippen LogP contribution in [0.4, 0.5) is 0 Å². The van der Waals surface area contributed by atoms with Crippen molar-refractivity contribution in [1.82, 2.24) is 4.98 Å². The molecule has 1 N–H and O–H groups in total. The molecule has 0 spiro atoms. The lowest BCUT2D eigenvalue weighted by atomic mass is 10.4. The van der Waals surface area contributed by atoms with Crippen molar-refractivity contribution in [3.05, 3.63) is 24.0 Å². The highest BCUT2D eigenvalue weighted by Gasteiger charge is 2.02. The summed E-state index contributed by atoms with van der Waals surface area (Å²) in [5.41, 5.74) is 0.0980. The molecule has 70 valence electrons. The van der Waals surface area contributed by atoms with E-state index in [1.165, 1.54) is 6.07 Å². The molecule has 1 heterocycles. The minimum Gasteiger partial charge on any atom is -0.477 e. The smallest absolute Gasteiger partial charge is 0.354 e. The second-order valence-corrected chi connectivity index (χ2v) is 3.70. The maximum Gasteiger partial charge on any atom is 0.354 e. The van der Waals surface area contributed by atoms with Crippen molar-refractivity contribution in [2.75, 3.05) is 5.75 Å². The van der Waals surface area contributed by atoms with E-state index >= 15 is 0 Å². The minimum absolute atomic E-state index is 0.0980. The molecule has 0 aliphatic rings. The largest absolute Gasteiger partial charge is 0.477 e. The molecular weight excluding hydrogens is 186 g/mol. The molecule has 1 aromatic rings. The van der Waals surface area contributed by atoms with Crippen LogP contribution in [-0.4, -0.2) is 21.8 Å². The number of aromatic nitrogens is 1. The quantitative estimate of drug-likeness (QED) is 0.752. The third kappa shape index (κ3) is 3.06. The molecule has 0 atom stereocenters. The van der Waals surface area contributed by atoms with Crippen LogP contribution in [-0.2, 0) is 0 Å². The molecule has 0 saturated heterocycles. The van der Waals surface area contributed by atoms with Gasteiger partial charge >= 0.3 is 5.97 Å². The molecule has 0 bridgehead atoms. The van der Waals surface area contributed by atoms with E-state index in [-0.39, 0.29) is 5.69 Å². The first-order valence-electron chi connectivity index (χ1n) is 4.06. The summed E-state index contributed by atoms with van der Waals surface area (Å²) in [6, 6.07) is 3.32. The number of carboxylic acids is 1. The molecule has 0 unspecified atom stereocenters. The predicted molar refractivity (Wildman–Crippen MR) is 52.2 cm³/mol. The van der Waals surface area contributed by atoms with Gasteiger partial charge in [0.1, 0.15) is 5.69 Å². The highest BCUT2D eigenvalue weighted by molar-refractivity contribution is 7.99. The first kappa shape index (κ1) is 10.1. The van der Waals surface area contributed by atoms with E-state index < -0.39 is 5.97 Å². The zero-order chi connectivity index (χ0) is 9.68. The van der Waals surface area contributed by atoms with Crippen LogP contribution in [0, 0.1) is 0 Å². The van der Waals surface area contributed by atoms with Crippen LogP contribution >= 0.6 is 11.8 Å². The molecule has 1 rings (SSSR count). The van der Waals surface area contributed by atoms with Gasteiger partial charge in [-0.3, -0.25) is 0 Å². The van der Waals surface area contributed by atoms with Crippen molar-refractivity contribution < 1.29 is 9.90 Å². The van der Waals surface area contributed by atoms with Gasteiger partial charge in [0.2, 0.25) is 0 Å². The fourth-order valence-corrected chi connectivity index (χ4v) is 1.54. The first-order chi connectivity index (χ1) is 6.24. The third-order valence-corrected chi connectivity index (χ3v) is 2.62. The van der Waals surface area contributed by atoms with E-state index in [0.29, 0.717) is 0 Å². The fourth-order valence-electron chi connectivity index (χ4n) is 0.812. The number of hydrogen-bond donors (Lipinski definition) is 1. The van der Waals surface area contributed by atoms with Crippen molar-refractivity contribution >= 4 is 17.7 Å². The van der Waals surface area contributed by atoms with Crippen LogP contribution in [0.5, 0.6) is 0 Å². The molecule has 4 heteroatoms. The molecule has 0 aromatic carbocycles. The highest BCUT2D eigenvalue weighted by Crippen LogP contribution is 2.17. The Balaban J connectivity index is 2.64. The Morgan fingerprint density at radius 1 is 1.62 bits per heavy atom. The third-order valence-electron chi connectivity index (χ3n) is 1.43. The van der Waals surface area contributed by atoms with Gasteiger partial charge < -0.3 is 5.11 Å². The zero-order valence-corrected chi connectivity index (χ0v) is 8.17. The Morgan fingerprint density at radius 3 is 2.85 bits per heavy atom. The van der Waals surface area contributed by atoms with Crippen LogP contribution in [0.2, 0.25) is 0 Å². The lowest BCUT2D eigenvalue weighted by molar-refractivity contribution is 0.0690. The van der Waals surface area contributed by atoms with Gasteiger partial charge in [-0.25, -0.2) is 9.78 Å². The molecule has 0 aliphatic carbocycles. The standard InChI is InChI=1S/C9H11NO2S/c1-2-5-13-7-3-4-8(9(11)12)10-6-7/h3-4,6H,2,5H2,1H3,(H,11,12). The van der Waals surface area contributed by atoms with E-state index in [0.717, 1.165) is 17.1 Å². The van der Waals surface area contributed by atoms with E-state index in [1.807, 2.05) is 0 Å². The number of nitrogens with zero attached hydrogens (tertiary/aromatic N) is 1. The summed E-state index contributed by atoms with van der Waals surface area (Å²) in [4.78, 5) is 15.3. The Kier molecular flexibility index (Phi) is 3.76. The number of pyridine rings is 1. The second-order valence-electron chi connectivity index (χ2n) is 2.53. The SMILES string of the molecule is CCCSc1ccc(C(=O)O)nc1. The molecule has 3 nitrogen and oxygen atoms in total. The van der Waals surface area contributed by atoms with Gasteiger partial charge in [-0.1, -0.05) is 6.92 Å². The van der Waals surface area contributed by atoms with Crippen molar-refractivity contribution in [2.24, 2.45) is 0 Å². The van der Waals surface area contributed by atoms with Crippen molar-refractivity contribution in [1.29, 1.82) is 0 Å². The van der Waals surface area contributed by atoms with Gasteiger partial charge in [0.25, 0.3) is 0 Å². The lowest BCUT2D eigenvalue weighted by Crippen LogP contribution is -1.98. The summed E-state index contributed by atoms with van der Waals surface area (Å²) >= 11 is 1.69. The Bertz CT molecular complexity index is 284. The van der Waals surface area contributed by atoms with Crippen LogP contribution in [0.25, 0.3) is 0 Å². The lowest BCUT2D eigenvalue weighted by Gasteiger charge is -1.98. The van der Waals surface area contributed by atoms with Crippen LogP contribution < -0.4 is 0 Å². The molecule has 0 radical (unpaired) electrons. The number of hydrogen-bond acceptors (Lipinski definition) is 3. The fraction of sp³-hybridized carbons (Fsp3) is 0.333. The summed E-state index contributed by atoms with van der Waals surface area (Å²) in [6.45, 7) is 2.10. The highest BCUT2D eigenvalue weighted by atomic mass is 32.2. The summed E-state index contributed by atoms with van der Waals surface area (Å²) in [5, 5.41) is 8.58. The summed E-state index contributed by atoms with van der Waals surface area (Å²) in [6.07, 6.45) is 2.70. The van der Waals surface area contributed by atoms with Gasteiger partial charge in [0.15, 0.2) is 0 Å². The molecule has 13 heavy (non-hydrogen) atoms. The van der Waals surface area contributed by atoms with Gasteiger partial charge in [0, 0.05) is 11.1 Å². The number of carbonyl (C=O) groups is 1. The van der Waals surface area contributed by atoms with E-state index in [1.54, 1.807) is 24.0 Å². The average Bonchev–Trinajstić information content (AvgIpc) is 2.15. The first-order valence-corrected chi connectivity index (χ1v) is 5.04. The number of aromatic carboxylic acids is 1. The zero-order valence-electron chi connectivity index (χ0n) is 7.36. The number of thioether (sulfide) groups is 1. The summed E-state index contributed by atoms with van der Waals surface area (Å²) in [7, 11) is 0. The van der Waals surface area contributed by atoms with E-state index in [2.05, 4.69) is 11.9 Å². The Labute approximate surface area is 81.2 Å². The van der Waals surface area contributed by atoms with Gasteiger partial charge in [-0.05, 0) is 24.3 Å². The molecule has 1 aromatic heterocycles. The topological polar surface area (TPSA) is 50.2 Å². The van der Waals surface area contributed by atoms with E-state index in [9.17, 15) is 4.79 Å². The molecule has 0 amide bonds. The minimum atomic E-state index is -0.980. The second kappa shape index (κ2) is 4.87. The number of rotatable bonds is 4. The van der Waals surface area contributed by atoms with Gasteiger partial charge in [-0.2, -0.15) is 0 Å². The monoisotopic (exact) mass is 197 g/mol. The molecule has 0 saturated carbocycles. The predicted octanol–water partition coefficient (Wildman–Crippen LogP) is 2.28. The van der Waals surface area contributed by atoms with Gasteiger partial charge in [-0.15, -0.1) is 11.8 Å². The molecule has 0 fully saturated rings. The molecule has 0 aliphatic heterocycles. The number of carboxylic acid groups (broad SMARTS) is 1. The maximum atomic E-state index is 10.5. The summed E-state index contributed by atoms with van der Waals surface area (Å²) in [5.74, 6) is 0.0562. The van der Waals surface area contributed by atoms with Crippen LogP contribution in [0.3, 0.4) is 0 Å². The van der Waals surface area contributed by atoms with Crippen molar-refractivity contribution in [3.63, 3.8) is 0 Å².